The van der Waals surface area contributed by atoms with Crippen LogP contribution in [0.3, 0.4) is 0 Å². The van der Waals surface area contributed by atoms with Gasteiger partial charge >= 0.3 is 0 Å². The second-order valence-electron chi connectivity index (χ2n) is 4.80. The van der Waals surface area contributed by atoms with Gasteiger partial charge in [0.25, 0.3) is 0 Å². The lowest BCUT2D eigenvalue weighted by molar-refractivity contribution is -0.116. The van der Waals surface area contributed by atoms with Gasteiger partial charge in [-0.1, -0.05) is 23.8 Å². The number of carbonyl (C=O) groups excluding carboxylic acids is 1. The first-order valence-corrected chi connectivity index (χ1v) is 7.42. The molecule has 0 aliphatic rings. The first kappa shape index (κ1) is 13.8. The predicted molar refractivity (Wildman–Crippen MR) is 81.8 cm³/mol. The molecule has 0 aliphatic heterocycles. The molecule has 19 heavy (non-hydrogen) atoms. The molecule has 1 heterocycles. The molecule has 0 saturated heterocycles. The molecule has 1 aromatic heterocycles. The number of anilines is 1. The number of aryl methyl sites for hydroxylation is 3. The summed E-state index contributed by atoms with van der Waals surface area (Å²) in [6, 6.07) is 10.2. The number of nitrogens with one attached hydrogen (secondary N) is 1. The second kappa shape index (κ2) is 6.53. The zero-order chi connectivity index (χ0) is 13.7. The van der Waals surface area contributed by atoms with Gasteiger partial charge in [0.1, 0.15) is 0 Å². The van der Waals surface area contributed by atoms with Gasteiger partial charge in [-0.3, -0.25) is 4.79 Å². The smallest absolute Gasteiger partial charge is 0.224 e. The number of rotatable bonds is 5. The molecule has 1 N–H and O–H groups in total. The van der Waals surface area contributed by atoms with Crippen LogP contribution in [-0.4, -0.2) is 5.91 Å². The second-order valence-corrected chi connectivity index (χ2v) is 5.83. The molecular weight excluding hydrogens is 254 g/mol. The summed E-state index contributed by atoms with van der Waals surface area (Å²) in [5.74, 6) is 0.100. The Balaban J connectivity index is 1.80. The van der Waals surface area contributed by atoms with Gasteiger partial charge < -0.3 is 5.32 Å². The summed E-state index contributed by atoms with van der Waals surface area (Å²) in [5.41, 5.74) is 3.26. The lowest BCUT2D eigenvalue weighted by atomic mass is 10.1. The Morgan fingerprint density at radius 3 is 2.79 bits per heavy atom. The minimum Gasteiger partial charge on any atom is -0.326 e. The molecule has 2 nitrogen and oxygen atoms in total. The van der Waals surface area contributed by atoms with Crippen LogP contribution in [0.25, 0.3) is 0 Å². The highest BCUT2D eigenvalue weighted by atomic mass is 32.1. The van der Waals surface area contributed by atoms with Crippen molar-refractivity contribution in [1.29, 1.82) is 0 Å². The number of benzene rings is 1. The van der Waals surface area contributed by atoms with Crippen molar-refractivity contribution in [3.8, 4) is 0 Å². The van der Waals surface area contributed by atoms with Crippen LogP contribution in [0.1, 0.15) is 28.8 Å². The van der Waals surface area contributed by atoms with Gasteiger partial charge in [0.2, 0.25) is 5.91 Å². The van der Waals surface area contributed by atoms with Gasteiger partial charge in [0.15, 0.2) is 0 Å². The molecule has 0 radical (unpaired) electrons. The molecule has 0 saturated carbocycles. The molecule has 1 amide bonds. The van der Waals surface area contributed by atoms with Gasteiger partial charge in [-0.05, 0) is 49.8 Å². The maximum absolute atomic E-state index is 11.9. The van der Waals surface area contributed by atoms with Crippen molar-refractivity contribution in [2.75, 3.05) is 5.32 Å². The Kier molecular flexibility index (Phi) is 4.74. The standard InChI is InChI=1S/C16H19NOS/c1-12-8-9-15(13(2)11-12)17-16(18)7-3-5-14-6-4-10-19-14/h4,6,8-11H,3,5,7H2,1-2H3,(H,17,18). The van der Waals surface area contributed by atoms with Crippen LogP contribution in [0.15, 0.2) is 35.7 Å². The Labute approximate surface area is 118 Å². The van der Waals surface area contributed by atoms with Crippen molar-refractivity contribution in [2.45, 2.75) is 33.1 Å². The Hall–Kier alpha value is -1.61. The van der Waals surface area contributed by atoms with E-state index >= 15 is 0 Å². The fourth-order valence-corrected chi connectivity index (χ4v) is 2.80. The molecule has 3 heteroatoms. The van der Waals surface area contributed by atoms with E-state index in [0.29, 0.717) is 6.42 Å². The highest BCUT2D eigenvalue weighted by Crippen LogP contribution is 2.17. The molecule has 0 bridgehead atoms. The molecule has 0 aliphatic carbocycles. The van der Waals surface area contributed by atoms with E-state index in [4.69, 9.17) is 0 Å². The molecule has 100 valence electrons. The zero-order valence-corrected chi connectivity index (χ0v) is 12.2. The van der Waals surface area contributed by atoms with Crippen LogP contribution in [0.5, 0.6) is 0 Å². The number of hydrogen-bond acceptors (Lipinski definition) is 2. The van der Waals surface area contributed by atoms with Crippen LogP contribution < -0.4 is 5.32 Å². The topological polar surface area (TPSA) is 29.1 Å². The zero-order valence-electron chi connectivity index (χ0n) is 11.4. The van der Waals surface area contributed by atoms with Gasteiger partial charge in [0, 0.05) is 17.0 Å². The Morgan fingerprint density at radius 2 is 2.11 bits per heavy atom. The summed E-state index contributed by atoms with van der Waals surface area (Å²) in [4.78, 5) is 13.2. The number of thiophene rings is 1. The minimum atomic E-state index is 0.100. The van der Waals surface area contributed by atoms with E-state index in [2.05, 4.69) is 35.8 Å². The van der Waals surface area contributed by atoms with E-state index in [-0.39, 0.29) is 5.91 Å². The summed E-state index contributed by atoms with van der Waals surface area (Å²) in [6.45, 7) is 4.08. The average Bonchev–Trinajstić information content (AvgIpc) is 2.86. The normalized spacial score (nSPS) is 10.4. The van der Waals surface area contributed by atoms with E-state index in [1.807, 2.05) is 19.1 Å². The molecule has 0 fully saturated rings. The first-order valence-electron chi connectivity index (χ1n) is 6.54. The Morgan fingerprint density at radius 1 is 1.26 bits per heavy atom. The van der Waals surface area contributed by atoms with Crippen LogP contribution in [0.4, 0.5) is 5.69 Å². The molecular formula is C16H19NOS. The van der Waals surface area contributed by atoms with Crippen molar-refractivity contribution in [2.24, 2.45) is 0 Å². The third-order valence-electron chi connectivity index (χ3n) is 3.06. The summed E-state index contributed by atoms with van der Waals surface area (Å²) in [6.07, 6.45) is 2.46. The quantitative estimate of drug-likeness (QED) is 0.863. The highest BCUT2D eigenvalue weighted by molar-refractivity contribution is 7.09. The molecule has 2 rings (SSSR count). The van der Waals surface area contributed by atoms with Crippen molar-refractivity contribution < 1.29 is 4.79 Å². The van der Waals surface area contributed by atoms with E-state index in [9.17, 15) is 4.79 Å². The van der Waals surface area contributed by atoms with E-state index in [0.717, 1.165) is 24.1 Å². The number of amides is 1. The van der Waals surface area contributed by atoms with E-state index in [1.165, 1.54) is 10.4 Å². The summed E-state index contributed by atoms with van der Waals surface area (Å²) in [7, 11) is 0. The lowest BCUT2D eigenvalue weighted by Gasteiger charge is -2.08. The SMILES string of the molecule is Cc1ccc(NC(=O)CCCc2cccs2)c(C)c1. The molecule has 0 unspecified atom stereocenters. The third-order valence-corrected chi connectivity index (χ3v) is 4.00. The lowest BCUT2D eigenvalue weighted by Crippen LogP contribution is -2.12. The third kappa shape index (κ3) is 4.21. The average molecular weight is 273 g/mol. The van der Waals surface area contributed by atoms with Crippen molar-refractivity contribution in [1.82, 2.24) is 0 Å². The van der Waals surface area contributed by atoms with Crippen LogP contribution in [0.2, 0.25) is 0 Å². The molecule has 0 spiro atoms. The largest absolute Gasteiger partial charge is 0.326 e. The fourth-order valence-electron chi connectivity index (χ4n) is 2.04. The maximum atomic E-state index is 11.9. The summed E-state index contributed by atoms with van der Waals surface area (Å²) in [5, 5.41) is 5.06. The van der Waals surface area contributed by atoms with Gasteiger partial charge in [-0.2, -0.15) is 0 Å². The number of hydrogen-bond donors (Lipinski definition) is 1. The van der Waals surface area contributed by atoms with Gasteiger partial charge in [-0.25, -0.2) is 0 Å². The van der Waals surface area contributed by atoms with Crippen molar-refractivity contribution in [3.63, 3.8) is 0 Å². The maximum Gasteiger partial charge on any atom is 0.224 e. The molecule has 2 aromatic rings. The first-order chi connectivity index (χ1) is 9.15. The monoisotopic (exact) mass is 273 g/mol. The van der Waals surface area contributed by atoms with E-state index in [1.54, 1.807) is 11.3 Å². The Bertz CT molecular complexity index is 546. The van der Waals surface area contributed by atoms with Gasteiger partial charge in [-0.15, -0.1) is 11.3 Å². The predicted octanol–water partition coefficient (Wildman–Crippen LogP) is 4.33. The minimum absolute atomic E-state index is 0.100. The van der Waals surface area contributed by atoms with Crippen LogP contribution in [0, 0.1) is 13.8 Å². The van der Waals surface area contributed by atoms with Crippen LogP contribution in [-0.2, 0) is 11.2 Å². The van der Waals surface area contributed by atoms with Crippen LogP contribution >= 0.6 is 11.3 Å². The van der Waals surface area contributed by atoms with Crippen molar-refractivity contribution >= 4 is 22.9 Å². The molecule has 1 aromatic carbocycles. The van der Waals surface area contributed by atoms with Gasteiger partial charge in [0.05, 0.1) is 0 Å². The fraction of sp³-hybridized carbons (Fsp3) is 0.312. The summed E-state index contributed by atoms with van der Waals surface area (Å²) < 4.78 is 0. The van der Waals surface area contributed by atoms with E-state index < -0.39 is 0 Å². The number of carbonyl (C=O) groups is 1. The molecule has 0 atom stereocenters. The summed E-state index contributed by atoms with van der Waals surface area (Å²) >= 11 is 1.75. The van der Waals surface area contributed by atoms with Crippen molar-refractivity contribution in [3.05, 3.63) is 51.7 Å². The highest BCUT2D eigenvalue weighted by Gasteiger charge is 2.05.